The van der Waals surface area contributed by atoms with Gasteiger partial charge in [0.25, 0.3) is 0 Å². The highest BCUT2D eigenvalue weighted by atomic mass is 16.3. The Labute approximate surface area is 83.8 Å². The molecule has 0 bridgehead atoms. The number of rotatable bonds is 2. The summed E-state index contributed by atoms with van der Waals surface area (Å²) < 4.78 is 0. The molecule has 0 heterocycles. The first-order chi connectivity index (χ1) is 4.86. The summed E-state index contributed by atoms with van der Waals surface area (Å²) in [6.07, 6.45) is 4.40. The van der Waals surface area contributed by atoms with Gasteiger partial charge >= 0.3 is 0 Å². The van der Waals surface area contributed by atoms with E-state index in [-0.39, 0.29) is 21.9 Å². The molecule has 1 saturated carbocycles. The third-order valence-corrected chi connectivity index (χ3v) is 2.48. The first-order valence-corrected chi connectivity index (χ1v) is 4.08. The molecule has 0 saturated heterocycles. The Morgan fingerprint density at radius 2 is 0.857 bits per heavy atom. The Morgan fingerprint density at radius 1 is 0.643 bits per heavy atom. The molecule has 1 rings (SSSR count). The van der Waals surface area contributed by atoms with Gasteiger partial charge < -0.3 is 32.1 Å². The minimum atomic E-state index is 0. The van der Waals surface area contributed by atoms with Gasteiger partial charge in [-0.05, 0) is 37.5 Å². The molecule has 1 aliphatic carbocycles. The molecular weight excluding hydrogens is 192 g/mol. The van der Waals surface area contributed by atoms with Gasteiger partial charge in [0.1, 0.15) is 0 Å². The summed E-state index contributed by atoms with van der Waals surface area (Å²) in [5, 5.41) is 17.6. The smallest absolute Gasteiger partial charge is 0.0459 e. The third-order valence-electron chi connectivity index (χ3n) is 2.48. The van der Waals surface area contributed by atoms with Gasteiger partial charge in [-0.15, -0.1) is 0 Å². The van der Waals surface area contributed by atoms with Crippen LogP contribution in [0, 0.1) is 11.8 Å². The minimum absolute atomic E-state index is 0. The molecule has 6 heteroatoms. The Hall–Kier alpha value is -0.240. The number of hydrogen-bond donors (Lipinski definition) is 2. The van der Waals surface area contributed by atoms with E-state index in [9.17, 15) is 0 Å². The monoisotopic (exact) mass is 216 g/mol. The molecule has 0 aromatic carbocycles. The predicted molar refractivity (Wildman–Crippen MR) is 54.1 cm³/mol. The van der Waals surface area contributed by atoms with E-state index in [1.54, 1.807) is 0 Å². The van der Waals surface area contributed by atoms with Crippen LogP contribution in [0.2, 0.25) is 0 Å². The molecule has 0 radical (unpaired) electrons. The molecule has 10 N–H and O–H groups in total. The summed E-state index contributed by atoms with van der Waals surface area (Å²) in [4.78, 5) is 0. The van der Waals surface area contributed by atoms with Crippen molar-refractivity contribution >= 4 is 0 Å². The van der Waals surface area contributed by atoms with Crippen molar-refractivity contribution in [1.29, 1.82) is 0 Å². The van der Waals surface area contributed by atoms with Gasteiger partial charge in [-0.2, -0.15) is 0 Å². The quantitative estimate of drug-likeness (QED) is 0.520. The molecular formula is C8H24O6. The third kappa shape index (κ3) is 7.19. The van der Waals surface area contributed by atoms with Crippen molar-refractivity contribution in [1.82, 2.24) is 0 Å². The average molecular weight is 216 g/mol. The zero-order chi connectivity index (χ0) is 7.40. The lowest BCUT2D eigenvalue weighted by molar-refractivity contribution is 0.131. The summed E-state index contributed by atoms with van der Waals surface area (Å²) in [6, 6.07) is 0. The van der Waals surface area contributed by atoms with Crippen LogP contribution in [0.5, 0.6) is 0 Å². The van der Waals surface area contributed by atoms with Crippen LogP contribution in [0.1, 0.15) is 25.7 Å². The van der Waals surface area contributed by atoms with Gasteiger partial charge in [0.15, 0.2) is 0 Å². The number of aliphatic hydroxyl groups excluding tert-OH is 2. The number of hydrogen-bond acceptors (Lipinski definition) is 2. The van der Waals surface area contributed by atoms with Crippen molar-refractivity contribution in [3.8, 4) is 0 Å². The largest absolute Gasteiger partial charge is 0.412 e. The van der Waals surface area contributed by atoms with Crippen molar-refractivity contribution < 1.29 is 32.1 Å². The normalized spacial score (nSPS) is 24.4. The topological polar surface area (TPSA) is 166 Å². The molecule has 1 aliphatic rings. The molecule has 0 atom stereocenters. The van der Waals surface area contributed by atoms with Crippen molar-refractivity contribution in [2.45, 2.75) is 25.7 Å². The van der Waals surface area contributed by atoms with Gasteiger partial charge in [-0.25, -0.2) is 0 Å². The molecule has 0 unspecified atom stereocenters. The molecule has 0 spiro atoms. The predicted octanol–water partition coefficient (Wildman–Crippen LogP) is -2.52. The zero-order valence-electron chi connectivity index (χ0n) is 8.29. The van der Waals surface area contributed by atoms with Crippen LogP contribution in [-0.2, 0) is 0 Å². The van der Waals surface area contributed by atoms with Crippen LogP contribution in [0.4, 0.5) is 0 Å². The number of aliphatic hydroxyl groups is 2. The van der Waals surface area contributed by atoms with Gasteiger partial charge in [0.05, 0.1) is 0 Å². The van der Waals surface area contributed by atoms with Crippen LogP contribution in [-0.4, -0.2) is 45.3 Å². The van der Waals surface area contributed by atoms with E-state index < -0.39 is 0 Å². The fraction of sp³-hybridized carbons (Fsp3) is 1.00. The zero-order valence-corrected chi connectivity index (χ0v) is 8.29. The van der Waals surface area contributed by atoms with Gasteiger partial charge in [0.2, 0.25) is 0 Å². The van der Waals surface area contributed by atoms with Crippen molar-refractivity contribution in [2.24, 2.45) is 11.8 Å². The average Bonchev–Trinajstić information content (AvgIpc) is 2.05. The van der Waals surface area contributed by atoms with E-state index in [0.29, 0.717) is 25.0 Å². The summed E-state index contributed by atoms with van der Waals surface area (Å²) in [6.45, 7) is 0.663. The Bertz CT molecular complexity index is 79.8. The second-order valence-electron chi connectivity index (χ2n) is 3.25. The van der Waals surface area contributed by atoms with E-state index in [1.807, 2.05) is 0 Å². The molecule has 14 heavy (non-hydrogen) atoms. The Balaban J connectivity index is -0.000000125. The highest BCUT2D eigenvalue weighted by Crippen LogP contribution is 2.27. The molecule has 92 valence electrons. The Morgan fingerprint density at radius 3 is 1.00 bits per heavy atom. The van der Waals surface area contributed by atoms with E-state index in [2.05, 4.69) is 0 Å². The summed E-state index contributed by atoms with van der Waals surface area (Å²) in [7, 11) is 0. The first kappa shape index (κ1) is 23.5. The standard InChI is InChI=1S/C8H16O2.4H2O/c9-5-7-1-2-8(6-10)4-3-7;;;;/h7-10H,1-6H2;4*1H2/t7-,8-;;;;. The molecule has 0 aliphatic heterocycles. The summed E-state index contributed by atoms with van der Waals surface area (Å²) in [5.41, 5.74) is 0. The fourth-order valence-electron chi connectivity index (χ4n) is 1.60. The van der Waals surface area contributed by atoms with Crippen molar-refractivity contribution in [2.75, 3.05) is 13.2 Å². The lowest BCUT2D eigenvalue weighted by Crippen LogP contribution is -2.19. The molecule has 1 fully saturated rings. The van der Waals surface area contributed by atoms with Gasteiger partial charge in [-0.1, -0.05) is 0 Å². The van der Waals surface area contributed by atoms with Crippen molar-refractivity contribution in [3.05, 3.63) is 0 Å². The van der Waals surface area contributed by atoms with Crippen LogP contribution in [0.3, 0.4) is 0 Å². The second-order valence-corrected chi connectivity index (χ2v) is 3.25. The molecule has 6 nitrogen and oxygen atoms in total. The Kier molecular flexibility index (Phi) is 21.4. The van der Waals surface area contributed by atoms with E-state index >= 15 is 0 Å². The maximum Gasteiger partial charge on any atom is 0.0459 e. The van der Waals surface area contributed by atoms with Crippen LogP contribution in [0.25, 0.3) is 0 Å². The van der Waals surface area contributed by atoms with E-state index in [4.69, 9.17) is 10.2 Å². The lowest BCUT2D eigenvalue weighted by atomic mass is 9.83. The maximum absolute atomic E-state index is 8.79. The fourth-order valence-corrected chi connectivity index (χ4v) is 1.60. The van der Waals surface area contributed by atoms with Gasteiger partial charge in [-0.3, -0.25) is 0 Å². The first-order valence-electron chi connectivity index (χ1n) is 4.08. The second kappa shape index (κ2) is 12.8. The lowest BCUT2D eigenvalue weighted by Gasteiger charge is -2.25. The van der Waals surface area contributed by atoms with Crippen LogP contribution in [0.15, 0.2) is 0 Å². The molecule has 0 amide bonds. The summed E-state index contributed by atoms with van der Waals surface area (Å²) >= 11 is 0. The molecule has 0 aromatic heterocycles. The molecule has 0 aromatic rings. The maximum atomic E-state index is 8.79. The van der Waals surface area contributed by atoms with E-state index in [1.165, 1.54) is 0 Å². The highest BCUT2D eigenvalue weighted by Gasteiger charge is 2.19. The van der Waals surface area contributed by atoms with Crippen LogP contribution >= 0.6 is 0 Å². The summed E-state index contributed by atoms with van der Waals surface area (Å²) in [5.74, 6) is 1.03. The highest BCUT2D eigenvalue weighted by molar-refractivity contribution is 4.70. The SMILES string of the molecule is O.O.O.O.OC[C@H]1CC[C@H](CO)CC1. The minimum Gasteiger partial charge on any atom is -0.412 e. The van der Waals surface area contributed by atoms with Crippen molar-refractivity contribution in [3.63, 3.8) is 0 Å². The van der Waals surface area contributed by atoms with Gasteiger partial charge in [0, 0.05) is 13.2 Å². The van der Waals surface area contributed by atoms with E-state index in [0.717, 1.165) is 25.7 Å². The van der Waals surface area contributed by atoms with Crippen LogP contribution < -0.4 is 0 Å².